The Morgan fingerprint density at radius 3 is 1.70 bits per heavy atom. The summed E-state index contributed by atoms with van der Waals surface area (Å²) in [5.74, 6) is -2.86. The highest BCUT2D eigenvalue weighted by molar-refractivity contribution is 8.26. The molecule has 0 aromatic heterocycles. The van der Waals surface area contributed by atoms with E-state index in [-0.39, 0.29) is 59.0 Å². The van der Waals surface area contributed by atoms with E-state index in [9.17, 15) is 24.0 Å². The van der Waals surface area contributed by atoms with Crippen molar-refractivity contribution in [3.63, 3.8) is 0 Å². The topological polar surface area (TPSA) is 135 Å². The molecule has 1 aromatic rings. The zero-order chi connectivity index (χ0) is 34.7. The van der Waals surface area contributed by atoms with Crippen molar-refractivity contribution < 1.29 is 47.7 Å². The maximum absolute atomic E-state index is 14.1. The number of thioether (sulfide) groups is 3. The lowest BCUT2D eigenvalue weighted by molar-refractivity contribution is -0.141. The zero-order valence-corrected chi connectivity index (χ0v) is 30.2. The van der Waals surface area contributed by atoms with Gasteiger partial charge in [0.15, 0.2) is 0 Å². The number of nitrogens with zero attached hydrogens (tertiary/aromatic N) is 1. The quantitative estimate of drug-likeness (QED) is 0.198. The Hall–Kier alpha value is -3.36. The zero-order valence-electron chi connectivity index (χ0n) is 27.7. The highest BCUT2D eigenvalue weighted by Gasteiger charge is 2.62. The molecular formula is C33H39NO10S3. The van der Waals surface area contributed by atoms with E-state index < -0.39 is 33.5 Å². The molecule has 254 valence electrons. The first-order chi connectivity index (χ1) is 22.4. The molecule has 0 aliphatic carbocycles. The minimum atomic E-state index is -1.66. The van der Waals surface area contributed by atoms with Crippen molar-refractivity contribution in [2.45, 2.75) is 71.4 Å². The fraction of sp³-hybridized carbons (Fsp3) is 0.485. The SMILES string of the molecule is CCOC(=O)C1=C(C(=O)OCC)SC2(S1)C(C(=O)OCC)=C(C(=O)OCC)SC1=C2c2cc(OCC)ccc2N(C(=O)CC)C1(C)C. The molecule has 0 N–H and O–H groups in total. The highest BCUT2D eigenvalue weighted by atomic mass is 32.2. The Labute approximate surface area is 287 Å². The lowest BCUT2D eigenvalue weighted by atomic mass is 9.83. The van der Waals surface area contributed by atoms with Crippen LogP contribution in [0.2, 0.25) is 0 Å². The van der Waals surface area contributed by atoms with Crippen LogP contribution in [0.15, 0.2) is 43.4 Å². The van der Waals surface area contributed by atoms with Crippen molar-refractivity contribution in [2.75, 3.05) is 37.9 Å². The van der Waals surface area contributed by atoms with Gasteiger partial charge in [0.25, 0.3) is 0 Å². The molecule has 47 heavy (non-hydrogen) atoms. The summed E-state index contributed by atoms with van der Waals surface area (Å²) >= 11 is 2.85. The van der Waals surface area contributed by atoms with Gasteiger partial charge in [0.2, 0.25) is 5.91 Å². The second-order valence-corrected chi connectivity index (χ2v) is 14.4. The predicted molar refractivity (Wildman–Crippen MR) is 182 cm³/mol. The van der Waals surface area contributed by atoms with Crippen LogP contribution >= 0.6 is 35.3 Å². The summed E-state index contributed by atoms with van der Waals surface area (Å²) in [4.78, 5) is 70.6. The molecule has 1 aromatic carbocycles. The Balaban J connectivity index is 2.19. The van der Waals surface area contributed by atoms with Crippen LogP contribution in [0.1, 0.15) is 67.4 Å². The van der Waals surface area contributed by atoms with Crippen LogP contribution in [0.4, 0.5) is 5.69 Å². The molecule has 3 heterocycles. The monoisotopic (exact) mass is 705 g/mol. The molecule has 11 nitrogen and oxygen atoms in total. The van der Waals surface area contributed by atoms with Gasteiger partial charge in [-0.25, -0.2) is 19.2 Å². The fourth-order valence-corrected chi connectivity index (χ4v) is 10.6. The summed E-state index contributed by atoms with van der Waals surface area (Å²) < 4.78 is 26.0. The van der Waals surface area contributed by atoms with Gasteiger partial charge in [-0.2, -0.15) is 0 Å². The first kappa shape index (κ1) is 36.5. The first-order valence-corrected chi connectivity index (χ1v) is 17.9. The van der Waals surface area contributed by atoms with Crippen LogP contribution in [0.3, 0.4) is 0 Å². The van der Waals surface area contributed by atoms with Gasteiger partial charge in [0.05, 0.1) is 49.8 Å². The average Bonchev–Trinajstić information content (AvgIpc) is 3.42. The van der Waals surface area contributed by atoms with Gasteiger partial charge in [-0.05, 0) is 66.7 Å². The summed E-state index contributed by atoms with van der Waals surface area (Å²) in [5.41, 5.74) is 0.400. The van der Waals surface area contributed by atoms with Crippen molar-refractivity contribution in [3.05, 3.63) is 49.0 Å². The van der Waals surface area contributed by atoms with Gasteiger partial charge in [0.1, 0.15) is 24.5 Å². The third-order valence-electron chi connectivity index (χ3n) is 7.33. The lowest BCUT2D eigenvalue weighted by Gasteiger charge is -2.50. The number of amides is 1. The standard InChI is InChI=1S/C33H39NO10S3/c1-9-21(35)34-20-16-15-18(40-10-2)17-19(20)22-27(32(34,7)8)45-24(29(37)42-12-4)23(28(36)41-11-3)33(22)46-25(30(38)43-13-5)26(47-33)31(39)44-14-6/h15-17H,9-14H2,1-8H3. The average molecular weight is 706 g/mol. The minimum absolute atomic E-state index is 0.0152. The Bertz CT molecular complexity index is 1560. The van der Waals surface area contributed by atoms with E-state index in [0.717, 1.165) is 35.3 Å². The van der Waals surface area contributed by atoms with Crippen molar-refractivity contribution in [1.29, 1.82) is 0 Å². The number of carbonyl (C=O) groups is 5. The maximum Gasteiger partial charge on any atom is 0.346 e. The van der Waals surface area contributed by atoms with Crippen LogP contribution in [-0.4, -0.2) is 72.4 Å². The number of hydrogen-bond donors (Lipinski definition) is 0. The molecule has 3 aliphatic heterocycles. The molecule has 0 bridgehead atoms. The van der Waals surface area contributed by atoms with E-state index in [4.69, 9.17) is 23.7 Å². The van der Waals surface area contributed by atoms with Gasteiger partial charge in [-0.3, -0.25) is 4.79 Å². The van der Waals surface area contributed by atoms with Gasteiger partial charge in [-0.1, -0.05) is 42.2 Å². The minimum Gasteiger partial charge on any atom is -0.494 e. The number of hydrogen-bond acceptors (Lipinski definition) is 13. The van der Waals surface area contributed by atoms with Gasteiger partial charge >= 0.3 is 23.9 Å². The number of anilines is 1. The second-order valence-electron chi connectivity index (χ2n) is 10.6. The largest absolute Gasteiger partial charge is 0.494 e. The van der Waals surface area contributed by atoms with Gasteiger partial charge in [0, 0.05) is 22.5 Å². The third kappa shape index (κ3) is 6.43. The second kappa shape index (κ2) is 14.8. The lowest BCUT2D eigenvalue weighted by Crippen LogP contribution is -2.53. The molecule has 0 radical (unpaired) electrons. The number of rotatable bonds is 11. The van der Waals surface area contributed by atoms with E-state index in [0.29, 0.717) is 34.1 Å². The van der Waals surface area contributed by atoms with E-state index in [1.165, 1.54) is 0 Å². The van der Waals surface area contributed by atoms with Crippen LogP contribution in [0, 0.1) is 0 Å². The molecule has 1 amide bonds. The molecule has 14 heteroatoms. The fourth-order valence-electron chi connectivity index (χ4n) is 5.57. The molecule has 0 saturated carbocycles. The van der Waals surface area contributed by atoms with Crippen LogP contribution in [-0.2, 0) is 42.9 Å². The van der Waals surface area contributed by atoms with Gasteiger partial charge < -0.3 is 28.6 Å². The number of esters is 4. The highest BCUT2D eigenvalue weighted by Crippen LogP contribution is 2.71. The summed E-state index contributed by atoms with van der Waals surface area (Å²) in [6, 6.07) is 5.31. The first-order valence-electron chi connectivity index (χ1n) is 15.5. The van der Waals surface area contributed by atoms with Crippen LogP contribution < -0.4 is 9.64 Å². The summed E-state index contributed by atoms with van der Waals surface area (Å²) in [5, 5.41) is 0. The van der Waals surface area contributed by atoms with Crippen molar-refractivity contribution in [2.24, 2.45) is 0 Å². The number of ether oxygens (including phenoxy) is 5. The molecule has 1 spiro atoms. The molecule has 0 saturated heterocycles. The predicted octanol–water partition coefficient (Wildman–Crippen LogP) is 5.97. The number of fused-ring (bicyclic) bond motifs is 3. The van der Waals surface area contributed by atoms with E-state index in [1.54, 1.807) is 57.7 Å². The maximum atomic E-state index is 14.1. The van der Waals surface area contributed by atoms with E-state index in [1.807, 2.05) is 20.8 Å². The summed E-state index contributed by atoms with van der Waals surface area (Å²) in [6.07, 6.45) is 0.189. The molecule has 0 atom stereocenters. The van der Waals surface area contributed by atoms with Crippen molar-refractivity contribution in [3.8, 4) is 5.75 Å². The van der Waals surface area contributed by atoms with Crippen LogP contribution in [0.5, 0.6) is 5.75 Å². The van der Waals surface area contributed by atoms with E-state index >= 15 is 0 Å². The van der Waals surface area contributed by atoms with Crippen molar-refractivity contribution in [1.82, 2.24) is 0 Å². The molecule has 3 aliphatic rings. The van der Waals surface area contributed by atoms with Gasteiger partial charge in [-0.15, -0.1) is 0 Å². The Kier molecular flexibility index (Phi) is 11.5. The Morgan fingerprint density at radius 1 is 0.702 bits per heavy atom. The van der Waals surface area contributed by atoms with Crippen molar-refractivity contribution >= 4 is 76.3 Å². The normalized spacial score (nSPS) is 17.7. The smallest absolute Gasteiger partial charge is 0.346 e. The number of carbonyl (C=O) groups excluding carboxylic acids is 5. The van der Waals surface area contributed by atoms with Crippen LogP contribution in [0.25, 0.3) is 5.57 Å². The summed E-state index contributed by atoms with van der Waals surface area (Å²) in [6.45, 7) is 14.3. The molecule has 0 unspecified atom stereocenters. The Morgan fingerprint density at radius 2 is 1.21 bits per heavy atom. The molecule has 4 rings (SSSR count). The number of benzene rings is 1. The molecular weight excluding hydrogens is 667 g/mol. The summed E-state index contributed by atoms with van der Waals surface area (Å²) in [7, 11) is 0. The third-order valence-corrected chi connectivity index (χ3v) is 12.0. The van der Waals surface area contributed by atoms with E-state index in [2.05, 4.69) is 0 Å². The molecule has 0 fully saturated rings.